The van der Waals surface area contributed by atoms with Gasteiger partial charge in [0.25, 0.3) is 0 Å². The molecule has 0 nitrogen and oxygen atoms in total. The van der Waals surface area contributed by atoms with Crippen LogP contribution < -0.4 is 0 Å². The molecule has 0 amide bonds. The van der Waals surface area contributed by atoms with Gasteiger partial charge in [0.1, 0.15) is 0 Å². The van der Waals surface area contributed by atoms with Crippen molar-refractivity contribution in [2.24, 2.45) is 5.92 Å². The Morgan fingerprint density at radius 1 is 1.00 bits per heavy atom. The first-order valence-electron chi connectivity index (χ1n) is 6.40. The van der Waals surface area contributed by atoms with E-state index in [1.165, 1.54) is 44.1 Å². The molecule has 0 saturated heterocycles. The van der Waals surface area contributed by atoms with E-state index in [-0.39, 0.29) is 0 Å². The Morgan fingerprint density at radius 2 is 1.73 bits per heavy atom. The average molecular weight is 204 g/mol. The highest BCUT2D eigenvalue weighted by Crippen LogP contribution is 2.18. The molecule has 1 aromatic carbocycles. The quantitative estimate of drug-likeness (QED) is 0.558. The molecule has 1 unspecified atom stereocenters. The van der Waals surface area contributed by atoms with Gasteiger partial charge in [-0.3, -0.25) is 0 Å². The Hall–Kier alpha value is -0.780. The SMILES string of the molecule is CCCCCC(CC)Cc1ccccc1. The summed E-state index contributed by atoms with van der Waals surface area (Å²) in [6, 6.07) is 10.9. The highest BCUT2D eigenvalue weighted by atomic mass is 14.1. The minimum absolute atomic E-state index is 0.888. The number of benzene rings is 1. The van der Waals surface area contributed by atoms with Crippen molar-refractivity contribution in [3.8, 4) is 0 Å². The van der Waals surface area contributed by atoms with E-state index in [9.17, 15) is 0 Å². The van der Waals surface area contributed by atoms with Crippen molar-refractivity contribution in [3.05, 3.63) is 35.9 Å². The van der Waals surface area contributed by atoms with Crippen LogP contribution in [0.2, 0.25) is 0 Å². The van der Waals surface area contributed by atoms with Crippen LogP contribution in [0.5, 0.6) is 0 Å². The van der Waals surface area contributed by atoms with Gasteiger partial charge in [0, 0.05) is 0 Å². The van der Waals surface area contributed by atoms with Crippen molar-refractivity contribution in [2.75, 3.05) is 0 Å². The van der Waals surface area contributed by atoms with Crippen molar-refractivity contribution in [1.82, 2.24) is 0 Å². The average Bonchev–Trinajstić information content (AvgIpc) is 2.29. The molecule has 1 atom stereocenters. The number of hydrogen-bond acceptors (Lipinski definition) is 0. The zero-order valence-corrected chi connectivity index (χ0v) is 10.2. The van der Waals surface area contributed by atoms with Crippen molar-refractivity contribution in [2.45, 2.75) is 52.4 Å². The number of hydrogen-bond donors (Lipinski definition) is 0. The predicted octanol–water partition coefficient (Wildman–Crippen LogP) is 4.84. The maximum absolute atomic E-state index is 2.32. The van der Waals surface area contributed by atoms with E-state index in [0.717, 1.165) is 5.92 Å². The van der Waals surface area contributed by atoms with E-state index >= 15 is 0 Å². The van der Waals surface area contributed by atoms with Crippen LogP contribution in [-0.4, -0.2) is 0 Å². The molecular formula is C15H24. The Bertz CT molecular complexity index is 237. The maximum Gasteiger partial charge on any atom is -0.0250 e. The first-order chi connectivity index (χ1) is 7.36. The van der Waals surface area contributed by atoms with Crippen LogP contribution in [0.3, 0.4) is 0 Å². The highest BCUT2D eigenvalue weighted by molar-refractivity contribution is 5.15. The summed E-state index contributed by atoms with van der Waals surface area (Å²) in [6.45, 7) is 4.59. The molecule has 0 aliphatic heterocycles. The first kappa shape index (κ1) is 12.3. The molecule has 1 aromatic rings. The molecule has 0 aromatic heterocycles. The Balaban J connectivity index is 2.33. The van der Waals surface area contributed by atoms with Crippen LogP contribution in [0.4, 0.5) is 0 Å². The van der Waals surface area contributed by atoms with Gasteiger partial charge in [0.05, 0.1) is 0 Å². The molecule has 0 N–H and O–H groups in total. The molecule has 0 bridgehead atoms. The molecule has 0 aliphatic rings. The van der Waals surface area contributed by atoms with E-state index in [0.29, 0.717) is 0 Å². The summed E-state index contributed by atoms with van der Waals surface area (Å²) in [7, 11) is 0. The zero-order valence-electron chi connectivity index (χ0n) is 10.2. The fourth-order valence-electron chi connectivity index (χ4n) is 2.08. The van der Waals surface area contributed by atoms with Gasteiger partial charge in [-0.25, -0.2) is 0 Å². The second-order valence-corrected chi connectivity index (χ2v) is 4.46. The van der Waals surface area contributed by atoms with Gasteiger partial charge in [-0.2, -0.15) is 0 Å². The van der Waals surface area contributed by atoms with Crippen molar-refractivity contribution in [3.63, 3.8) is 0 Å². The maximum atomic E-state index is 2.32. The fourth-order valence-corrected chi connectivity index (χ4v) is 2.08. The summed E-state index contributed by atoms with van der Waals surface area (Å²) in [5.74, 6) is 0.888. The highest BCUT2D eigenvalue weighted by Gasteiger charge is 2.06. The summed E-state index contributed by atoms with van der Waals surface area (Å²) in [5.41, 5.74) is 1.50. The molecule has 0 radical (unpaired) electrons. The molecular weight excluding hydrogens is 180 g/mol. The van der Waals surface area contributed by atoms with Crippen LogP contribution in [-0.2, 0) is 6.42 Å². The van der Waals surface area contributed by atoms with Gasteiger partial charge in [0.15, 0.2) is 0 Å². The molecule has 15 heavy (non-hydrogen) atoms. The van der Waals surface area contributed by atoms with E-state index in [4.69, 9.17) is 0 Å². The molecule has 84 valence electrons. The van der Waals surface area contributed by atoms with E-state index in [1.807, 2.05) is 0 Å². The normalized spacial score (nSPS) is 12.7. The van der Waals surface area contributed by atoms with Gasteiger partial charge in [-0.1, -0.05) is 76.3 Å². The van der Waals surface area contributed by atoms with Crippen molar-refractivity contribution < 1.29 is 0 Å². The lowest BCUT2D eigenvalue weighted by Crippen LogP contribution is -2.03. The topological polar surface area (TPSA) is 0 Å². The second-order valence-electron chi connectivity index (χ2n) is 4.46. The van der Waals surface area contributed by atoms with Gasteiger partial charge < -0.3 is 0 Å². The van der Waals surface area contributed by atoms with E-state index in [2.05, 4.69) is 44.2 Å². The third-order valence-electron chi connectivity index (χ3n) is 3.16. The summed E-state index contributed by atoms with van der Waals surface area (Å²) in [4.78, 5) is 0. The summed E-state index contributed by atoms with van der Waals surface area (Å²) < 4.78 is 0. The van der Waals surface area contributed by atoms with E-state index < -0.39 is 0 Å². The zero-order chi connectivity index (χ0) is 10.9. The third kappa shape index (κ3) is 5.01. The second kappa shape index (κ2) is 7.50. The minimum atomic E-state index is 0.888. The Morgan fingerprint density at radius 3 is 2.33 bits per heavy atom. The summed E-state index contributed by atoms with van der Waals surface area (Å²) >= 11 is 0. The lowest BCUT2D eigenvalue weighted by Gasteiger charge is -2.14. The minimum Gasteiger partial charge on any atom is -0.0654 e. The van der Waals surface area contributed by atoms with Crippen molar-refractivity contribution >= 4 is 0 Å². The van der Waals surface area contributed by atoms with Gasteiger partial charge in [-0.15, -0.1) is 0 Å². The lowest BCUT2D eigenvalue weighted by atomic mass is 9.92. The molecule has 0 aliphatic carbocycles. The van der Waals surface area contributed by atoms with Crippen LogP contribution in [0.15, 0.2) is 30.3 Å². The first-order valence-corrected chi connectivity index (χ1v) is 6.40. The Kier molecular flexibility index (Phi) is 6.15. The summed E-state index contributed by atoms with van der Waals surface area (Å²) in [6.07, 6.45) is 8.12. The molecule has 0 fully saturated rings. The van der Waals surface area contributed by atoms with Crippen molar-refractivity contribution in [1.29, 1.82) is 0 Å². The monoisotopic (exact) mass is 204 g/mol. The molecule has 0 heterocycles. The van der Waals surface area contributed by atoms with Crippen LogP contribution in [0.1, 0.15) is 51.5 Å². The number of unbranched alkanes of at least 4 members (excludes halogenated alkanes) is 2. The third-order valence-corrected chi connectivity index (χ3v) is 3.16. The van der Waals surface area contributed by atoms with Crippen LogP contribution in [0, 0.1) is 5.92 Å². The van der Waals surface area contributed by atoms with Gasteiger partial charge >= 0.3 is 0 Å². The number of rotatable bonds is 7. The standard InChI is InChI=1S/C15H24/c1-3-5-7-10-14(4-2)13-15-11-8-6-9-12-15/h6,8-9,11-12,14H,3-5,7,10,13H2,1-2H3. The Labute approximate surface area is 94.7 Å². The van der Waals surface area contributed by atoms with Crippen LogP contribution in [0.25, 0.3) is 0 Å². The molecule has 0 heteroatoms. The van der Waals surface area contributed by atoms with Gasteiger partial charge in [-0.05, 0) is 17.9 Å². The summed E-state index contributed by atoms with van der Waals surface area (Å²) in [5, 5.41) is 0. The van der Waals surface area contributed by atoms with Crippen LogP contribution >= 0.6 is 0 Å². The molecule has 0 saturated carbocycles. The smallest absolute Gasteiger partial charge is 0.0250 e. The van der Waals surface area contributed by atoms with E-state index in [1.54, 1.807) is 0 Å². The fraction of sp³-hybridized carbons (Fsp3) is 0.600. The largest absolute Gasteiger partial charge is 0.0654 e. The predicted molar refractivity (Wildman–Crippen MR) is 68.1 cm³/mol. The molecule has 1 rings (SSSR count). The lowest BCUT2D eigenvalue weighted by molar-refractivity contribution is 0.442. The van der Waals surface area contributed by atoms with Gasteiger partial charge in [0.2, 0.25) is 0 Å². The molecule has 0 spiro atoms.